The summed E-state index contributed by atoms with van der Waals surface area (Å²) in [6.07, 6.45) is 2.59. The topological polar surface area (TPSA) is 35.5 Å². The summed E-state index contributed by atoms with van der Waals surface area (Å²) >= 11 is 3.34. The van der Waals surface area contributed by atoms with Gasteiger partial charge in [0.25, 0.3) is 0 Å². The molecular weight excluding hydrogens is 292 g/mol. The molecule has 1 heterocycles. The van der Waals surface area contributed by atoms with Gasteiger partial charge in [0, 0.05) is 24.7 Å². The number of rotatable bonds is 5. The molecule has 1 aromatic rings. The van der Waals surface area contributed by atoms with E-state index >= 15 is 0 Å². The summed E-state index contributed by atoms with van der Waals surface area (Å²) in [7, 11) is 0. The van der Waals surface area contributed by atoms with Crippen LogP contribution >= 0.6 is 15.9 Å². The van der Waals surface area contributed by atoms with Crippen molar-refractivity contribution in [1.29, 1.82) is 0 Å². The molecule has 0 radical (unpaired) electrons. The normalized spacial score (nSPS) is 20.4. The number of likely N-dealkylation sites (N-methyl/N-ethyl adjacent to an activating group) is 1. The van der Waals surface area contributed by atoms with Crippen LogP contribution in [0.1, 0.15) is 25.3 Å². The fourth-order valence-electron chi connectivity index (χ4n) is 2.62. The minimum atomic E-state index is 0.351. The summed E-state index contributed by atoms with van der Waals surface area (Å²) in [6, 6.07) is 6.42. The van der Waals surface area contributed by atoms with Crippen LogP contribution in [0.15, 0.2) is 22.7 Å². The maximum Gasteiger partial charge on any atom is 0.134 e. The van der Waals surface area contributed by atoms with Gasteiger partial charge in [-0.3, -0.25) is 4.90 Å². The maximum atomic E-state index is 9.89. The number of benzene rings is 1. The first kappa shape index (κ1) is 13.8. The third kappa shape index (κ3) is 3.25. The van der Waals surface area contributed by atoms with Gasteiger partial charge in [0.05, 0.1) is 4.47 Å². The standard InChI is InChI=1S/C14H21BrN2O/c1-2-17-8-4-6-12(17)10-16-9-11-5-3-7-13(15)14(11)18/h3,5,7,12,16,18H,2,4,6,8-10H2,1H3. The Kier molecular flexibility index (Phi) is 5.03. The monoisotopic (exact) mass is 312 g/mol. The lowest BCUT2D eigenvalue weighted by atomic mass is 10.2. The Morgan fingerprint density at radius 1 is 1.50 bits per heavy atom. The van der Waals surface area contributed by atoms with Crippen LogP contribution < -0.4 is 5.32 Å². The molecule has 18 heavy (non-hydrogen) atoms. The van der Waals surface area contributed by atoms with Crippen LogP contribution in [0.5, 0.6) is 5.75 Å². The summed E-state index contributed by atoms with van der Waals surface area (Å²) in [4.78, 5) is 2.52. The average Bonchev–Trinajstić information content (AvgIpc) is 2.82. The van der Waals surface area contributed by atoms with Crippen molar-refractivity contribution in [2.24, 2.45) is 0 Å². The lowest BCUT2D eigenvalue weighted by molar-refractivity contribution is 0.259. The molecule has 1 saturated heterocycles. The third-order valence-electron chi connectivity index (χ3n) is 3.67. The SMILES string of the molecule is CCN1CCCC1CNCc1cccc(Br)c1O. The predicted octanol–water partition coefficient (Wildman–Crippen LogP) is 2.73. The van der Waals surface area contributed by atoms with Crippen molar-refractivity contribution in [2.75, 3.05) is 19.6 Å². The van der Waals surface area contributed by atoms with Gasteiger partial charge in [0.15, 0.2) is 0 Å². The van der Waals surface area contributed by atoms with E-state index in [1.54, 1.807) is 0 Å². The van der Waals surface area contributed by atoms with Gasteiger partial charge in [0.1, 0.15) is 5.75 Å². The van der Waals surface area contributed by atoms with Crippen LogP contribution in [-0.2, 0) is 6.54 Å². The minimum absolute atomic E-state index is 0.351. The Bertz CT molecular complexity index is 397. The minimum Gasteiger partial charge on any atom is -0.506 e. The second kappa shape index (κ2) is 6.55. The molecule has 0 saturated carbocycles. The molecule has 1 aliphatic rings. The number of para-hydroxylation sites is 1. The number of phenolic OH excluding ortho intramolecular Hbond substituents is 1. The van der Waals surface area contributed by atoms with Crippen LogP contribution in [0, 0.1) is 0 Å². The number of hydrogen-bond acceptors (Lipinski definition) is 3. The highest BCUT2D eigenvalue weighted by Crippen LogP contribution is 2.27. The van der Waals surface area contributed by atoms with Gasteiger partial charge in [-0.05, 0) is 47.9 Å². The van der Waals surface area contributed by atoms with Crippen molar-refractivity contribution < 1.29 is 5.11 Å². The molecule has 4 heteroatoms. The second-order valence-electron chi connectivity index (χ2n) is 4.80. The fourth-order valence-corrected chi connectivity index (χ4v) is 3.03. The molecule has 2 rings (SSSR count). The summed E-state index contributed by atoms with van der Waals surface area (Å²) in [6.45, 7) is 6.30. The van der Waals surface area contributed by atoms with E-state index in [1.807, 2.05) is 18.2 Å². The van der Waals surface area contributed by atoms with Crippen molar-refractivity contribution in [2.45, 2.75) is 32.4 Å². The summed E-state index contributed by atoms with van der Waals surface area (Å²) in [5.41, 5.74) is 0.949. The number of halogens is 1. The highest BCUT2D eigenvalue weighted by molar-refractivity contribution is 9.10. The highest BCUT2D eigenvalue weighted by Gasteiger charge is 2.22. The van der Waals surface area contributed by atoms with Crippen molar-refractivity contribution >= 4 is 15.9 Å². The van der Waals surface area contributed by atoms with Crippen molar-refractivity contribution in [3.05, 3.63) is 28.2 Å². The molecule has 3 nitrogen and oxygen atoms in total. The first-order valence-corrected chi connectivity index (χ1v) is 7.42. The molecular formula is C14H21BrN2O. The zero-order chi connectivity index (χ0) is 13.0. The van der Waals surface area contributed by atoms with E-state index in [0.717, 1.165) is 29.7 Å². The van der Waals surface area contributed by atoms with E-state index in [2.05, 4.69) is 33.1 Å². The number of nitrogens with zero attached hydrogens (tertiary/aromatic N) is 1. The predicted molar refractivity (Wildman–Crippen MR) is 77.8 cm³/mol. The van der Waals surface area contributed by atoms with Gasteiger partial charge in [-0.25, -0.2) is 0 Å². The van der Waals surface area contributed by atoms with E-state index in [0.29, 0.717) is 11.8 Å². The quantitative estimate of drug-likeness (QED) is 0.877. The Morgan fingerprint density at radius 2 is 2.33 bits per heavy atom. The molecule has 0 bridgehead atoms. The molecule has 1 atom stereocenters. The Balaban J connectivity index is 1.83. The van der Waals surface area contributed by atoms with Crippen molar-refractivity contribution in [3.8, 4) is 5.75 Å². The molecule has 1 aromatic carbocycles. The molecule has 2 N–H and O–H groups in total. The van der Waals surface area contributed by atoms with Crippen molar-refractivity contribution in [1.82, 2.24) is 10.2 Å². The zero-order valence-corrected chi connectivity index (χ0v) is 12.4. The van der Waals surface area contributed by atoms with Crippen LogP contribution in [0.2, 0.25) is 0 Å². The largest absolute Gasteiger partial charge is 0.506 e. The smallest absolute Gasteiger partial charge is 0.134 e. The lowest BCUT2D eigenvalue weighted by Crippen LogP contribution is -2.37. The molecule has 1 aliphatic heterocycles. The van der Waals surface area contributed by atoms with Crippen molar-refractivity contribution in [3.63, 3.8) is 0 Å². The zero-order valence-electron chi connectivity index (χ0n) is 10.8. The second-order valence-corrected chi connectivity index (χ2v) is 5.66. The Labute approximate surface area is 117 Å². The van der Waals surface area contributed by atoms with E-state index in [9.17, 15) is 5.11 Å². The van der Waals surface area contributed by atoms with Crippen LogP contribution in [0.25, 0.3) is 0 Å². The van der Waals surface area contributed by atoms with E-state index in [-0.39, 0.29) is 0 Å². The maximum absolute atomic E-state index is 9.89. The van der Waals surface area contributed by atoms with Crippen LogP contribution in [0.4, 0.5) is 0 Å². The molecule has 0 aromatic heterocycles. The van der Waals surface area contributed by atoms with Gasteiger partial charge < -0.3 is 10.4 Å². The fraction of sp³-hybridized carbons (Fsp3) is 0.571. The third-order valence-corrected chi connectivity index (χ3v) is 4.31. The van der Waals surface area contributed by atoms with Gasteiger partial charge in [-0.1, -0.05) is 19.1 Å². The first-order chi connectivity index (χ1) is 8.72. The lowest BCUT2D eigenvalue weighted by Gasteiger charge is -2.23. The number of hydrogen-bond donors (Lipinski definition) is 2. The van der Waals surface area contributed by atoms with Gasteiger partial charge >= 0.3 is 0 Å². The molecule has 0 spiro atoms. The number of likely N-dealkylation sites (tertiary alicyclic amines) is 1. The van der Waals surface area contributed by atoms with Crippen LogP contribution in [-0.4, -0.2) is 35.7 Å². The average molecular weight is 313 g/mol. The molecule has 0 amide bonds. The molecule has 1 fully saturated rings. The Hall–Kier alpha value is -0.580. The summed E-state index contributed by atoms with van der Waals surface area (Å²) in [5.74, 6) is 0.351. The highest BCUT2D eigenvalue weighted by atomic mass is 79.9. The van der Waals surface area contributed by atoms with E-state index in [1.165, 1.54) is 19.4 Å². The molecule has 100 valence electrons. The first-order valence-electron chi connectivity index (χ1n) is 6.63. The number of nitrogens with one attached hydrogen (secondary N) is 1. The number of phenols is 1. The molecule has 1 unspecified atom stereocenters. The van der Waals surface area contributed by atoms with Gasteiger partial charge in [-0.2, -0.15) is 0 Å². The summed E-state index contributed by atoms with van der Waals surface area (Å²) in [5, 5.41) is 13.3. The van der Waals surface area contributed by atoms with Gasteiger partial charge in [-0.15, -0.1) is 0 Å². The van der Waals surface area contributed by atoms with E-state index < -0.39 is 0 Å². The number of aromatic hydroxyl groups is 1. The van der Waals surface area contributed by atoms with E-state index in [4.69, 9.17) is 0 Å². The van der Waals surface area contributed by atoms with Crippen LogP contribution in [0.3, 0.4) is 0 Å². The van der Waals surface area contributed by atoms with Gasteiger partial charge in [0.2, 0.25) is 0 Å². The Morgan fingerprint density at radius 3 is 3.11 bits per heavy atom. The summed E-state index contributed by atoms with van der Waals surface area (Å²) < 4.78 is 0.762. The molecule has 0 aliphatic carbocycles.